The number of ether oxygens (including phenoxy) is 1. The smallest absolute Gasteiger partial charge is 0.273 e. The number of aromatic nitrogens is 1. The number of hydrogen-bond acceptors (Lipinski definition) is 5. The number of carbonyl (C=O) groups excluding carboxylic acids is 1. The Kier molecular flexibility index (Phi) is 6.51. The summed E-state index contributed by atoms with van der Waals surface area (Å²) in [6.45, 7) is 2.04. The van der Waals surface area contributed by atoms with E-state index in [0.717, 1.165) is 11.4 Å². The number of rotatable bonds is 8. The van der Waals surface area contributed by atoms with Crippen LogP contribution in [0.5, 0.6) is 0 Å². The Bertz CT molecular complexity index is 586. The molecule has 1 aromatic heterocycles. The Hall–Kier alpha value is -1.76. The number of hydrogen-bond donors (Lipinski definition) is 1. The van der Waals surface area contributed by atoms with E-state index in [1.54, 1.807) is 17.4 Å². The average Bonchev–Trinajstić information content (AvgIpc) is 3.01. The van der Waals surface area contributed by atoms with E-state index in [0.29, 0.717) is 31.9 Å². The van der Waals surface area contributed by atoms with Gasteiger partial charge < -0.3 is 15.4 Å². The highest BCUT2D eigenvalue weighted by atomic mass is 32.1. The van der Waals surface area contributed by atoms with Gasteiger partial charge in [0.25, 0.3) is 5.91 Å². The molecule has 0 bridgehead atoms. The van der Waals surface area contributed by atoms with Crippen LogP contribution in [0.4, 0.5) is 0 Å². The maximum atomic E-state index is 12.5. The molecular formula is C16H21N3O2S. The third-order valence-electron chi connectivity index (χ3n) is 3.24. The molecule has 0 aliphatic rings. The van der Waals surface area contributed by atoms with Crippen LogP contribution >= 0.6 is 11.3 Å². The maximum absolute atomic E-state index is 12.5. The van der Waals surface area contributed by atoms with E-state index < -0.39 is 0 Å². The van der Waals surface area contributed by atoms with Gasteiger partial charge in [0.15, 0.2) is 0 Å². The molecule has 0 fully saturated rings. The molecule has 118 valence electrons. The topological polar surface area (TPSA) is 68.5 Å². The van der Waals surface area contributed by atoms with Crippen LogP contribution in [0.15, 0.2) is 35.7 Å². The lowest BCUT2D eigenvalue weighted by atomic mass is 10.1. The highest BCUT2D eigenvalue weighted by Crippen LogP contribution is 2.13. The number of amides is 1. The summed E-state index contributed by atoms with van der Waals surface area (Å²) in [6.07, 6.45) is 0.807. The van der Waals surface area contributed by atoms with Crippen molar-refractivity contribution in [3.05, 3.63) is 52.0 Å². The fraction of sp³-hybridized carbons (Fsp3) is 0.375. The SMILES string of the molecule is COCc1nc(C(=O)N(CCN)CCc2ccccc2)cs1. The molecule has 1 amide bonds. The predicted molar refractivity (Wildman–Crippen MR) is 87.9 cm³/mol. The Morgan fingerprint density at radius 2 is 2.09 bits per heavy atom. The molecule has 6 heteroatoms. The van der Waals surface area contributed by atoms with Crippen LogP contribution in [0.3, 0.4) is 0 Å². The van der Waals surface area contributed by atoms with Gasteiger partial charge in [-0.15, -0.1) is 11.3 Å². The lowest BCUT2D eigenvalue weighted by molar-refractivity contribution is 0.0756. The largest absolute Gasteiger partial charge is 0.378 e. The van der Waals surface area contributed by atoms with Gasteiger partial charge in [0.1, 0.15) is 10.7 Å². The molecule has 2 aromatic rings. The minimum atomic E-state index is -0.0695. The maximum Gasteiger partial charge on any atom is 0.273 e. The number of carbonyl (C=O) groups is 1. The molecule has 0 saturated heterocycles. The Balaban J connectivity index is 2.00. The van der Waals surface area contributed by atoms with E-state index in [-0.39, 0.29) is 5.91 Å². The molecule has 5 nitrogen and oxygen atoms in total. The van der Waals surface area contributed by atoms with Gasteiger partial charge in [-0.25, -0.2) is 4.98 Å². The molecule has 2 rings (SSSR count). The summed E-state index contributed by atoms with van der Waals surface area (Å²) < 4.78 is 5.04. The fourth-order valence-corrected chi connectivity index (χ4v) is 2.88. The second-order valence-corrected chi connectivity index (χ2v) is 5.82. The predicted octanol–water partition coefficient (Wildman–Crippen LogP) is 1.93. The van der Waals surface area contributed by atoms with Gasteiger partial charge in [-0.05, 0) is 12.0 Å². The molecule has 0 unspecified atom stereocenters. The number of thiazole rings is 1. The highest BCUT2D eigenvalue weighted by Gasteiger charge is 2.18. The molecule has 0 spiro atoms. The summed E-state index contributed by atoms with van der Waals surface area (Å²) in [7, 11) is 1.61. The summed E-state index contributed by atoms with van der Waals surface area (Å²) in [5, 5.41) is 2.59. The zero-order chi connectivity index (χ0) is 15.8. The van der Waals surface area contributed by atoms with Crippen LogP contribution in [0, 0.1) is 0 Å². The van der Waals surface area contributed by atoms with Crippen molar-refractivity contribution in [1.29, 1.82) is 0 Å². The van der Waals surface area contributed by atoms with Crippen LogP contribution < -0.4 is 5.73 Å². The minimum absolute atomic E-state index is 0.0695. The molecular weight excluding hydrogens is 298 g/mol. The van der Waals surface area contributed by atoms with Crippen molar-refractivity contribution in [3.8, 4) is 0 Å². The van der Waals surface area contributed by atoms with Crippen molar-refractivity contribution in [2.75, 3.05) is 26.7 Å². The van der Waals surface area contributed by atoms with Crippen LogP contribution in [0.25, 0.3) is 0 Å². The van der Waals surface area contributed by atoms with Gasteiger partial charge in [-0.2, -0.15) is 0 Å². The zero-order valence-electron chi connectivity index (χ0n) is 12.7. The second kappa shape index (κ2) is 8.63. The molecule has 2 N–H and O–H groups in total. The molecule has 0 atom stereocenters. The Morgan fingerprint density at radius 1 is 1.32 bits per heavy atom. The van der Waals surface area contributed by atoms with Gasteiger partial charge in [0, 0.05) is 32.1 Å². The zero-order valence-corrected chi connectivity index (χ0v) is 13.5. The minimum Gasteiger partial charge on any atom is -0.378 e. The van der Waals surface area contributed by atoms with E-state index in [9.17, 15) is 4.79 Å². The normalized spacial score (nSPS) is 10.6. The van der Waals surface area contributed by atoms with Crippen LogP contribution in [0.1, 0.15) is 21.1 Å². The first-order valence-electron chi connectivity index (χ1n) is 7.21. The quantitative estimate of drug-likeness (QED) is 0.807. The lowest BCUT2D eigenvalue weighted by Gasteiger charge is -2.21. The third-order valence-corrected chi connectivity index (χ3v) is 4.06. The van der Waals surface area contributed by atoms with E-state index in [4.69, 9.17) is 10.5 Å². The lowest BCUT2D eigenvalue weighted by Crippen LogP contribution is -2.37. The molecule has 0 radical (unpaired) electrons. The van der Waals surface area contributed by atoms with Crippen LogP contribution in [-0.4, -0.2) is 42.5 Å². The van der Waals surface area contributed by atoms with Crippen molar-refractivity contribution >= 4 is 17.2 Å². The van der Waals surface area contributed by atoms with Gasteiger partial charge in [-0.3, -0.25) is 4.79 Å². The standard InChI is InChI=1S/C16H21N3O2S/c1-21-11-15-18-14(12-22-15)16(20)19(10-8-17)9-7-13-5-3-2-4-6-13/h2-6,12H,7-11,17H2,1H3. The number of benzene rings is 1. The average molecular weight is 319 g/mol. The van der Waals surface area contributed by atoms with Crippen molar-refractivity contribution in [2.45, 2.75) is 13.0 Å². The molecule has 0 aliphatic carbocycles. The first-order chi connectivity index (χ1) is 10.7. The highest BCUT2D eigenvalue weighted by molar-refractivity contribution is 7.09. The van der Waals surface area contributed by atoms with E-state index in [1.807, 2.05) is 18.2 Å². The summed E-state index contributed by atoms with van der Waals surface area (Å²) >= 11 is 1.44. The van der Waals surface area contributed by atoms with Gasteiger partial charge in [-0.1, -0.05) is 30.3 Å². The number of nitrogens with two attached hydrogens (primary N) is 1. The van der Waals surface area contributed by atoms with E-state index in [2.05, 4.69) is 17.1 Å². The van der Waals surface area contributed by atoms with E-state index in [1.165, 1.54) is 16.9 Å². The fourth-order valence-electron chi connectivity index (χ4n) is 2.14. The molecule has 0 saturated carbocycles. The van der Waals surface area contributed by atoms with Crippen molar-refractivity contribution < 1.29 is 9.53 Å². The van der Waals surface area contributed by atoms with E-state index >= 15 is 0 Å². The Morgan fingerprint density at radius 3 is 2.77 bits per heavy atom. The summed E-state index contributed by atoms with van der Waals surface area (Å²) in [5.74, 6) is -0.0695. The first kappa shape index (κ1) is 16.6. The molecule has 22 heavy (non-hydrogen) atoms. The van der Waals surface area contributed by atoms with Crippen LogP contribution in [-0.2, 0) is 17.8 Å². The summed E-state index contributed by atoms with van der Waals surface area (Å²) in [6, 6.07) is 10.1. The van der Waals surface area contributed by atoms with Gasteiger partial charge in [0.2, 0.25) is 0 Å². The molecule has 1 aromatic carbocycles. The van der Waals surface area contributed by atoms with Gasteiger partial charge in [0.05, 0.1) is 6.61 Å². The summed E-state index contributed by atoms with van der Waals surface area (Å²) in [4.78, 5) is 18.6. The first-order valence-corrected chi connectivity index (χ1v) is 8.09. The van der Waals surface area contributed by atoms with Crippen molar-refractivity contribution in [3.63, 3.8) is 0 Å². The monoisotopic (exact) mass is 319 g/mol. The van der Waals surface area contributed by atoms with Crippen molar-refractivity contribution in [2.24, 2.45) is 5.73 Å². The number of methoxy groups -OCH3 is 1. The van der Waals surface area contributed by atoms with Crippen molar-refractivity contribution in [1.82, 2.24) is 9.88 Å². The number of nitrogens with zero attached hydrogens (tertiary/aromatic N) is 2. The third kappa shape index (κ3) is 4.62. The molecule has 0 aliphatic heterocycles. The van der Waals surface area contributed by atoms with Crippen LogP contribution in [0.2, 0.25) is 0 Å². The van der Waals surface area contributed by atoms with Gasteiger partial charge >= 0.3 is 0 Å². The molecule has 1 heterocycles. The second-order valence-electron chi connectivity index (χ2n) is 4.88. The Labute approximate surface area is 134 Å². The summed E-state index contributed by atoms with van der Waals surface area (Å²) in [5.41, 5.74) is 7.31.